The third kappa shape index (κ3) is 5.62. The Kier molecular flexibility index (Phi) is 8.13. The summed E-state index contributed by atoms with van der Waals surface area (Å²) >= 11 is 3.01. The largest absolute Gasteiger partial charge is 0.479 e. The molecule has 0 spiro atoms. The van der Waals surface area contributed by atoms with Gasteiger partial charge in [-0.3, -0.25) is 9.59 Å². The van der Waals surface area contributed by atoms with E-state index in [-0.39, 0.29) is 24.1 Å². The molecule has 0 radical (unpaired) electrons. The standard InChI is InChI=1S/C19H23BrN2O6/c20-11-14(23)8-9-19(17(25)26,22-16(24)15-7-4-10-21-15)18(27)28-12-13-5-2-1-3-6-13/h1-3,5-6,15,21H,4,7-12H2,(H,22,24)(H,25,26)/t15-,19-/m0/s1. The summed E-state index contributed by atoms with van der Waals surface area (Å²) in [7, 11) is 0. The van der Waals surface area contributed by atoms with E-state index < -0.39 is 35.8 Å². The molecule has 1 aliphatic rings. The molecular weight excluding hydrogens is 432 g/mol. The number of carboxylic acids is 1. The molecule has 9 heteroatoms. The molecule has 1 aromatic rings. The van der Waals surface area contributed by atoms with Crippen molar-refractivity contribution in [3.8, 4) is 0 Å². The Balaban J connectivity index is 2.20. The lowest BCUT2D eigenvalue weighted by molar-refractivity contribution is -0.166. The third-order valence-corrected chi connectivity index (χ3v) is 5.19. The van der Waals surface area contributed by atoms with Crippen molar-refractivity contribution in [1.82, 2.24) is 10.6 Å². The smallest absolute Gasteiger partial charge is 0.344 e. The summed E-state index contributed by atoms with van der Waals surface area (Å²) in [5, 5.41) is 15.1. The van der Waals surface area contributed by atoms with E-state index in [4.69, 9.17) is 4.74 Å². The number of Topliss-reactive ketones (excluding diaryl/α,β-unsaturated/α-hetero) is 1. The molecule has 1 heterocycles. The van der Waals surface area contributed by atoms with Gasteiger partial charge in [0.2, 0.25) is 11.4 Å². The summed E-state index contributed by atoms with van der Waals surface area (Å²) in [6.07, 6.45) is 0.731. The molecule has 28 heavy (non-hydrogen) atoms. The quantitative estimate of drug-likeness (QED) is 0.275. The van der Waals surface area contributed by atoms with Gasteiger partial charge in [-0.1, -0.05) is 46.3 Å². The van der Waals surface area contributed by atoms with Gasteiger partial charge in [-0.25, -0.2) is 9.59 Å². The average molecular weight is 455 g/mol. The molecule has 8 nitrogen and oxygen atoms in total. The molecule has 1 fully saturated rings. The average Bonchev–Trinajstić information content (AvgIpc) is 3.24. The van der Waals surface area contributed by atoms with E-state index in [1.165, 1.54) is 0 Å². The highest BCUT2D eigenvalue weighted by atomic mass is 79.9. The molecule has 0 aromatic heterocycles. The van der Waals surface area contributed by atoms with E-state index in [0.717, 1.165) is 6.42 Å². The van der Waals surface area contributed by atoms with Crippen molar-refractivity contribution >= 4 is 39.6 Å². The molecule has 0 saturated carbocycles. The van der Waals surface area contributed by atoms with Crippen LogP contribution in [0.3, 0.4) is 0 Å². The number of amides is 1. The highest BCUT2D eigenvalue weighted by Gasteiger charge is 2.50. The van der Waals surface area contributed by atoms with E-state index >= 15 is 0 Å². The number of halogens is 1. The molecule has 1 aromatic carbocycles. The summed E-state index contributed by atoms with van der Waals surface area (Å²) in [6, 6.07) is 8.20. The van der Waals surface area contributed by atoms with E-state index in [1.807, 2.05) is 0 Å². The van der Waals surface area contributed by atoms with Gasteiger partial charge in [-0.05, 0) is 31.4 Å². The van der Waals surface area contributed by atoms with Crippen molar-refractivity contribution in [2.45, 2.75) is 43.9 Å². The number of carbonyl (C=O) groups is 4. The van der Waals surface area contributed by atoms with Crippen LogP contribution in [-0.4, -0.2) is 52.2 Å². The Morgan fingerprint density at radius 2 is 1.96 bits per heavy atom. The van der Waals surface area contributed by atoms with Crippen LogP contribution in [0.2, 0.25) is 0 Å². The van der Waals surface area contributed by atoms with Crippen molar-refractivity contribution in [2.75, 3.05) is 11.9 Å². The molecule has 1 aliphatic heterocycles. The van der Waals surface area contributed by atoms with E-state index in [9.17, 15) is 24.3 Å². The number of ketones is 1. The monoisotopic (exact) mass is 454 g/mol. The number of alkyl halides is 1. The number of hydrogen-bond donors (Lipinski definition) is 3. The number of rotatable bonds is 10. The topological polar surface area (TPSA) is 122 Å². The van der Waals surface area contributed by atoms with Gasteiger partial charge >= 0.3 is 11.9 Å². The fraction of sp³-hybridized carbons (Fsp3) is 0.474. The minimum Gasteiger partial charge on any atom is -0.479 e. The van der Waals surface area contributed by atoms with Crippen LogP contribution in [0.5, 0.6) is 0 Å². The van der Waals surface area contributed by atoms with Gasteiger partial charge in [-0.2, -0.15) is 0 Å². The van der Waals surface area contributed by atoms with Crippen molar-refractivity contribution in [1.29, 1.82) is 0 Å². The Hall–Kier alpha value is -2.26. The maximum Gasteiger partial charge on any atom is 0.344 e. The molecule has 1 saturated heterocycles. The van der Waals surface area contributed by atoms with Gasteiger partial charge in [0.15, 0.2) is 0 Å². The lowest BCUT2D eigenvalue weighted by Crippen LogP contribution is -2.63. The number of benzene rings is 1. The summed E-state index contributed by atoms with van der Waals surface area (Å²) < 4.78 is 5.21. The Bertz CT molecular complexity index is 720. The lowest BCUT2D eigenvalue weighted by atomic mass is 9.91. The zero-order valence-electron chi connectivity index (χ0n) is 15.3. The zero-order valence-corrected chi connectivity index (χ0v) is 16.9. The van der Waals surface area contributed by atoms with Crippen LogP contribution in [-0.2, 0) is 30.5 Å². The highest BCUT2D eigenvalue weighted by Crippen LogP contribution is 2.20. The van der Waals surface area contributed by atoms with Crippen LogP contribution in [0.25, 0.3) is 0 Å². The maximum atomic E-state index is 12.8. The Morgan fingerprint density at radius 1 is 1.25 bits per heavy atom. The van der Waals surface area contributed by atoms with Gasteiger partial charge in [0.25, 0.3) is 0 Å². The number of carbonyl (C=O) groups excluding carboxylic acids is 3. The minimum atomic E-state index is -2.33. The SMILES string of the molecule is O=C(CBr)CC[C@](NC(=O)[C@@H]1CCCN1)(C(=O)O)C(=O)OCc1ccccc1. The van der Waals surface area contributed by atoms with Gasteiger partial charge in [0, 0.05) is 6.42 Å². The third-order valence-electron chi connectivity index (χ3n) is 4.57. The lowest BCUT2D eigenvalue weighted by Gasteiger charge is -2.29. The van der Waals surface area contributed by atoms with Crippen LogP contribution in [0.1, 0.15) is 31.2 Å². The second kappa shape index (κ2) is 10.3. The Morgan fingerprint density at radius 3 is 2.54 bits per heavy atom. The highest BCUT2D eigenvalue weighted by molar-refractivity contribution is 9.09. The second-order valence-electron chi connectivity index (χ2n) is 6.58. The van der Waals surface area contributed by atoms with Gasteiger partial charge < -0.3 is 20.5 Å². The summed E-state index contributed by atoms with van der Waals surface area (Å²) in [4.78, 5) is 49.1. The summed E-state index contributed by atoms with van der Waals surface area (Å²) in [5.41, 5.74) is -1.65. The fourth-order valence-corrected chi connectivity index (χ4v) is 3.19. The number of esters is 1. The normalized spacial score (nSPS) is 18.1. The van der Waals surface area contributed by atoms with E-state index in [2.05, 4.69) is 26.6 Å². The van der Waals surface area contributed by atoms with Gasteiger partial charge in [0.05, 0.1) is 11.4 Å². The number of carboxylic acid groups (broad SMARTS) is 1. The first-order chi connectivity index (χ1) is 13.4. The summed E-state index contributed by atoms with van der Waals surface area (Å²) in [6.45, 7) is 0.497. The molecule has 3 N–H and O–H groups in total. The van der Waals surface area contributed by atoms with Crippen molar-refractivity contribution in [3.05, 3.63) is 35.9 Å². The number of aliphatic carboxylic acids is 1. The van der Waals surface area contributed by atoms with Crippen LogP contribution in [0, 0.1) is 0 Å². The first-order valence-electron chi connectivity index (χ1n) is 8.96. The minimum absolute atomic E-state index is 0.0277. The molecule has 2 atom stereocenters. The van der Waals surface area contributed by atoms with Crippen molar-refractivity contribution in [2.24, 2.45) is 0 Å². The zero-order chi connectivity index (χ0) is 20.6. The maximum absolute atomic E-state index is 12.8. The Labute approximate surface area is 171 Å². The predicted octanol–water partition coefficient (Wildman–Crippen LogP) is 1.17. The van der Waals surface area contributed by atoms with Crippen molar-refractivity contribution in [3.63, 3.8) is 0 Å². The molecule has 1 amide bonds. The molecule has 0 unspecified atom stereocenters. The van der Waals surface area contributed by atoms with Crippen LogP contribution in [0.15, 0.2) is 30.3 Å². The number of ether oxygens (including phenoxy) is 1. The van der Waals surface area contributed by atoms with Crippen molar-refractivity contribution < 1.29 is 29.0 Å². The van der Waals surface area contributed by atoms with Crippen LogP contribution in [0.4, 0.5) is 0 Å². The van der Waals surface area contributed by atoms with Crippen LogP contribution < -0.4 is 10.6 Å². The molecule has 152 valence electrons. The summed E-state index contributed by atoms with van der Waals surface area (Å²) in [5.74, 6) is -3.53. The molecule has 0 aliphatic carbocycles. The fourth-order valence-electron chi connectivity index (χ4n) is 2.91. The first kappa shape index (κ1) is 22.0. The molecule has 2 rings (SSSR count). The van der Waals surface area contributed by atoms with Gasteiger partial charge in [0.1, 0.15) is 12.4 Å². The predicted molar refractivity (Wildman–Crippen MR) is 104 cm³/mol. The van der Waals surface area contributed by atoms with Crippen LogP contribution >= 0.6 is 15.9 Å². The molecular formula is C19H23BrN2O6. The number of hydrogen-bond acceptors (Lipinski definition) is 6. The second-order valence-corrected chi connectivity index (χ2v) is 7.14. The van der Waals surface area contributed by atoms with E-state index in [1.54, 1.807) is 30.3 Å². The van der Waals surface area contributed by atoms with Gasteiger partial charge in [-0.15, -0.1) is 0 Å². The molecule has 0 bridgehead atoms. The number of nitrogens with one attached hydrogen (secondary N) is 2. The first-order valence-corrected chi connectivity index (χ1v) is 10.1. The van der Waals surface area contributed by atoms with E-state index in [0.29, 0.717) is 18.5 Å².